The Morgan fingerprint density at radius 1 is 1.37 bits per heavy atom. The number of likely N-dealkylation sites (tertiary alicyclic amines) is 1. The molecule has 1 aliphatic rings. The molecule has 1 aliphatic heterocycles. The maximum Gasteiger partial charge on any atom is 0.160 e. The van der Waals surface area contributed by atoms with Crippen LogP contribution in [-0.4, -0.2) is 55.2 Å². The first kappa shape index (κ1) is 14.2. The van der Waals surface area contributed by atoms with Gasteiger partial charge in [0.2, 0.25) is 0 Å². The number of hydrogen-bond donors (Lipinski definition) is 1. The lowest BCUT2D eigenvalue weighted by Gasteiger charge is -2.22. The maximum absolute atomic E-state index is 9.81. The van der Waals surface area contributed by atoms with Crippen LogP contribution in [0.4, 0.5) is 0 Å². The molecule has 2 atom stereocenters. The minimum absolute atomic E-state index is 0.219. The van der Waals surface area contributed by atoms with Crippen LogP contribution in [0.3, 0.4) is 0 Å². The summed E-state index contributed by atoms with van der Waals surface area (Å²) < 4.78 is 5.07. The van der Waals surface area contributed by atoms with Gasteiger partial charge in [0, 0.05) is 25.7 Å². The third-order valence-electron chi connectivity index (χ3n) is 3.96. The lowest BCUT2D eigenvalue weighted by molar-refractivity contribution is 0.250. The minimum Gasteiger partial charge on any atom is -0.504 e. The smallest absolute Gasteiger partial charge is 0.160 e. The summed E-state index contributed by atoms with van der Waals surface area (Å²) in [4.78, 5) is 4.74. The third-order valence-corrected chi connectivity index (χ3v) is 3.96. The summed E-state index contributed by atoms with van der Waals surface area (Å²) >= 11 is 0. The fourth-order valence-electron chi connectivity index (χ4n) is 2.94. The molecule has 19 heavy (non-hydrogen) atoms. The number of nitrogens with zero attached hydrogens (tertiary/aromatic N) is 2. The van der Waals surface area contributed by atoms with Gasteiger partial charge in [-0.1, -0.05) is 13.0 Å². The molecule has 0 spiro atoms. The zero-order valence-corrected chi connectivity index (χ0v) is 12.3. The Balaban J connectivity index is 2.01. The monoisotopic (exact) mass is 264 g/mol. The number of hydrogen-bond acceptors (Lipinski definition) is 4. The fourth-order valence-corrected chi connectivity index (χ4v) is 2.94. The number of phenolic OH excluding ortho intramolecular Hbond substituents is 1. The number of phenols is 1. The first-order valence-corrected chi connectivity index (χ1v) is 6.76. The van der Waals surface area contributed by atoms with Gasteiger partial charge in [0.25, 0.3) is 0 Å². The molecule has 1 fully saturated rings. The number of ether oxygens (including phenoxy) is 1. The van der Waals surface area contributed by atoms with Crippen LogP contribution >= 0.6 is 0 Å². The number of methoxy groups -OCH3 is 1. The molecular weight excluding hydrogens is 240 g/mol. The van der Waals surface area contributed by atoms with Crippen LogP contribution in [0.2, 0.25) is 0 Å². The second kappa shape index (κ2) is 5.80. The zero-order valence-electron chi connectivity index (χ0n) is 12.3. The molecule has 0 aliphatic carbocycles. The molecule has 2 rings (SSSR count). The van der Waals surface area contributed by atoms with E-state index in [9.17, 15) is 5.11 Å². The molecule has 0 aromatic heterocycles. The van der Waals surface area contributed by atoms with Gasteiger partial charge in [-0.25, -0.2) is 0 Å². The van der Waals surface area contributed by atoms with Crippen LogP contribution < -0.4 is 4.74 Å². The van der Waals surface area contributed by atoms with Gasteiger partial charge in [-0.15, -0.1) is 0 Å². The largest absolute Gasteiger partial charge is 0.504 e. The molecule has 1 heterocycles. The van der Waals surface area contributed by atoms with E-state index < -0.39 is 0 Å². The zero-order chi connectivity index (χ0) is 14.0. The molecule has 1 N–H and O–H groups in total. The average Bonchev–Trinajstić information content (AvgIpc) is 2.70. The van der Waals surface area contributed by atoms with E-state index in [1.807, 2.05) is 12.1 Å². The van der Waals surface area contributed by atoms with E-state index in [0.29, 0.717) is 17.7 Å². The van der Waals surface area contributed by atoms with Crippen LogP contribution in [0.15, 0.2) is 18.2 Å². The molecule has 0 radical (unpaired) electrons. The lowest BCUT2D eigenvalue weighted by Crippen LogP contribution is -2.34. The van der Waals surface area contributed by atoms with Crippen LogP contribution in [0.5, 0.6) is 11.5 Å². The highest BCUT2D eigenvalue weighted by atomic mass is 16.5. The van der Waals surface area contributed by atoms with Crippen molar-refractivity contribution >= 4 is 0 Å². The normalized spacial score (nSPS) is 24.1. The minimum atomic E-state index is 0.219. The van der Waals surface area contributed by atoms with E-state index >= 15 is 0 Å². The van der Waals surface area contributed by atoms with Crippen LogP contribution in [0, 0.1) is 5.92 Å². The van der Waals surface area contributed by atoms with Gasteiger partial charge >= 0.3 is 0 Å². The quantitative estimate of drug-likeness (QED) is 0.899. The van der Waals surface area contributed by atoms with Crippen molar-refractivity contribution in [3.63, 3.8) is 0 Å². The molecule has 0 saturated carbocycles. The van der Waals surface area contributed by atoms with Gasteiger partial charge in [-0.05, 0) is 37.7 Å². The SMILES string of the molecule is COc1ccc(CN2CC(C)C(N(C)C)C2)cc1O. The fraction of sp³-hybridized carbons (Fsp3) is 0.600. The van der Waals surface area contributed by atoms with Crippen molar-refractivity contribution in [3.8, 4) is 11.5 Å². The van der Waals surface area contributed by atoms with Gasteiger partial charge in [0.1, 0.15) is 0 Å². The van der Waals surface area contributed by atoms with Gasteiger partial charge in [-0.3, -0.25) is 4.90 Å². The maximum atomic E-state index is 9.81. The first-order valence-electron chi connectivity index (χ1n) is 6.76. The Morgan fingerprint density at radius 3 is 2.63 bits per heavy atom. The van der Waals surface area contributed by atoms with Crippen molar-refractivity contribution < 1.29 is 9.84 Å². The second-order valence-electron chi connectivity index (χ2n) is 5.71. The van der Waals surface area contributed by atoms with Crippen molar-refractivity contribution in [1.82, 2.24) is 9.80 Å². The lowest BCUT2D eigenvalue weighted by atomic mass is 10.1. The Kier molecular flexibility index (Phi) is 4.32. The summed E-state index contributed by atoms with van der Waals surface area (Å²) in [6.45, 7) is 5.37. The molecule has 1 saturated heterocycles. The van der Waals surface area contributed by atoms with E-state index in [4.69, 9.17) is 4.74 Å². The number of aromatic hydroxyl groups is 1. The van der Waals surface area contributed by atoms with Crippen LogP contribution in [0.25, 0.3) is 0 Å². The molecule has 0 amide bonds. The molecule has 1 aromatic carbocycles. The number of likely N-dealkylation sites (N-methyl/N-ethyl adjacent to an activating group) is 1. The Bertz CT molecular complexity index is 434. The molecule has 4 nitrogen and oxygen atoms in total. The van der Waals surface area contributed by atoms with E-state index in [-0.39, 0.29) is 5.75 Å². The molecule has 0 bridgehead atoms. The van der Waals surface area contributed by atoms with Crippen molar-refractivity contribution in [1.29, 1.82) is 0 Å². The van der Waals surface area contributed by atoms with Crippen molar-refractivity contribution in [2.24, 2.45) is 5.92 Å². The second-order valence-corrected chi connectivity index (χ2v) is 5.71. The van der Waals surface area contributed by atoms with Crippen molar-refractivity contribution in [2.45, 2.75) is 19.5 Å². The van der Waals surface area contributed by atoms with E-state index in [2.05, 4.69) is 30.8 Å². The summed E-state index contributed by atoms with van der Waals surface area (Å²) in [5.41, 5.74) is 1.13. The average molecular weight is 264 g/mol. The molecular formula is C15H24N2O2. The third kappa shape index (κ3) is 3.19. The molecule has 1 aromatic rings. The predicted molar refractivity (Wildman–Crippen MR) is 76.6 cm³/mol. The Labute approximate surface area is 115 Å². The summed E-state index contributed by atoms with van der Waals surface area (Å²) in [5.74, 6) is 1.43. The molecule has 2 unspecified atom stereocenters. The summed E-state index contributed by atoms with van der Waals surface area (Å²) in [6, 6.07) is 6.26. The van der Waals surface area contributed by atoms with Gasteiger partial charge in [-0.2, -0.15) is 0 Å². The van der Waals surface area contributed by atoms with Crippen LogP contribution in [0.1, 0.15) is 12.5 Å². The molecule has 4 heteroatoms. The standard InChI is InChI=1S/C15H24N2O2/c1-11-8-17(10-13(11)16(2)3)9-12-5-6-15(19-4)14(18)7-12/h5-7,11,13,18H,8-10H2,1-4H3. The van der Waals surface area contributed by atoms with Gasteiger partial charge < -0.3 is 14.7 Å². The van der Waals surface area contributed by atoms with Crippen molar-refractivity contribution in [2.75, 3.05) is 34.3 Å². The van der Waals surface area contributed by atoms with E-state index in [1.165, 1.54) is 0 Å². The van der Waals surface area contributed by atoms with Gasteiger partial charge in [0.15, 0.2) is 11.5 Å². The predicted octanol–water partition coefficient (Wildman–Crippen LogP) is 1.78. The van der Waals surface area contributed by atoms with Crippen molar-refractivity contribution in [3.05, 3.63) is 23.8 Å². The van der Waals surface area contributed by atoms with E-state index in [0.717, 1.165) is 25.2 Å². The summed E-state index contributed by atoms with van der Waals surface area (Å²) in [6.07, 6.45) is 0. The Hall–Kier alpha value is -1.26. The van der Waals surface area contributed by atoms with Crippen LogP contribution in [-0.2, 0) is 6.54 Å². The first-order chi connectivity index (χ1) is 9.01. The summed E-state index contributed by atoms with van der Waals surface area (Å²) in [5, 5.41) is 9.81. The summed E-state index contributed by atoms with van der Waals surface area (Å²) in [7, 11) is 5.85. The topological polar surface area (TPSA) is 35.9 Å². The Morgan fingerprint density at radius 2 is 2.11 bits per heavy atom. The highest BCUT2D eigenvalue weighted by Crippen LogP contribution is 2.28. The van der Waals surface area contributed by atoms with E-state index in [1.54, 1.807) is 13.2 Å². The number of rotatable bonds is 4. The molecule has 106 valence electrons. The highest BCUT2D eigenvalue weighted by molar-refractivity contribution is 5.41. The number of benzene rings is 1. The highest BCUT2D eigenvalue weighted by Gasteiger charge is 2.30. The van der Waals surface area contributed by atoms with Gasteiger partial charge in [0.05, 0.1) is 7.11 Å².